The molecule has 0 aliphatic rings. The van der Waals surface area contributed by atoms with Crippen LogP contribution in [0.15, 0.2) is 48.5 Å². The maximum absolute atomic E-state index is 13.5. The Morgan fingerprint density at radius 1 is 1.03 bits per heavy atom. The van der Waals surface area contributed by atoms with Crippen LogP contribution in [0.25, 0.3) is 6.08 Å². The standard InChI is InChI=1S/C23H26FNO5/c1-3-28-20-11-9-17(15-21(20)29-4-2)13-14-25-22(26)16-30-23(27)12-10-18-7-5-6-8-19(18)24/h5-12,15H,3-4,13-14,16H2,1-2H3,(H,25,26)/b12-10+. The van der Waals surface area contributed by atoms with Crippen molar-refractivity contribution in [2.45, 2.75) is 20.3 Å². The molecule has 0 atom stereocenters. The van der Waals surface area contributed by atoms with Crippen LogP contribution in [0, 0.1) is 5.82 Å². The first-order valence-electron chi connectivity index (χ1n) is 9.78. The zero-order valence-corrected chi connectivity index (χ0v) is 17.2. The smallest absolute Gasteiger partial charge is 0.331 e. The Kier molecular flexibility index (Phi) is 9.37. The molecule has 1 amide bonds. The van der Waals surface area contributed by atoms with Gasteiger partial charge in [-0.25, -0.2) is 9.18 Å². The lowest BCUT2D eigenvalue weighted by molar-refractivity contribution is -0.143. The molecule has 30 heavy (non-hydrogen) atoms. The van der Waals surface area contributed by atoms with Crippen molar-refractivity contribution in [3.8, 4) is 11.5 Å². The van der Waals surface area contributed by atoms with E-state index >= 15 is 0 Å². The van der Waals surface area contributed by atoms with Gasteiger partial charge >= 0.3 is 5.97 Å². The molecule has 0 bridgehead atoms. The Hall–Kier alpha value is -3.35. The SMILES string of the molecule is CCOc1ccc(CCNC(=O)COC(=O)/C=C/c2ccccc2F)cc1OCC. The Morgan fingerprint density at radius 2 is 1.77 bits per heavy atom. The highest BCUT2D eigenvalue weighted by atomic mass is 19.1. The fourth-order valence-corrected chi connectivity index (χ4v) is 2.60. The van der Waals surface area contributed by atoms with E-state index in [4.69, 9.17) is 14.2 Å². The van der Waals surface area contributed by atoms with Crippen molar-refractivity contribution in [2.24, 2.45) is 0 Å². The van der Waals surface area contributed by atoms with Gasteiger partial charge in [-0.2, -0.15) is 0 Å². The second kappa shape index (κ2) is 12.3. The number of benzene rings is 2. The number of carbonyl (C=O) groups excluding carboxylic acids is 2. The number of halogens is 1. The summed E-state index contributed by atoms with van der Waals surface area (Å²) in [6, 6.07) is 11.7. The number of carbonyl (C=O) groups is 2. The number of esters is 1. The van der Waals surface area contributed by atoms with Gasteiger partial charge in [-0.3, -0.25) is 4.79 Å². The van der Waals surface area contributed by atoms with Crippen molar-refractivity contribution in [1.82, 2.24) is 5.32 Å². The molecule has 160 valence electrons. The van der Waals surface area contributed by atoms with Gasteiger partial charge < -0.3 is 19.5 Å². The van der Waals surface area contributed by atoms with E-state index in [1.807, 2.05) is 32.0 Å². The van der Waals surface area contributed by atoms with Gasteiger partial charge in [0.15, 0.2) is 18.1 Å². The molecule has 0 spiro atoms. The van der Waals surface area contributed by atoms with E-state index in [1.165, 1.54) is 18.2 Å². The lowest BCUT2D eigenvalue weighted by Gasteiger charge is -2.12. The van der Waals surface area contributed by atoms with Crippen LogP contribution in [0.5, 0.6) is 11.5 Å². The average Bonchev–Trinajstić information content (AvgIpc) is 2.74. The largest absolute Gasteiger partial charge is 0.490 e. The predicted octanol–water partition coefficient (Wildman–Crippen LogP) is 3.54. The van der Waals surface area contributed by atoms with E-state index < -0.39 is 24.3 Å². The van der Waals surface area contributed by atoms with Gasteiger partial charge in [-0.05, 0) is 50.1 Å². The minimum Gasteiger partial charge on any atom is -0.490 e. The number of nitrogens with one attached hydrogen (secondary N) is 1. The predicted molar refractivity (Wildman–Crippen MR) is 112 cm³/mol. The van der Waals surface area contributed by atoms with E-state index in [-0.39, 0.29) is 5.56 Å². The van der Waals surface area contributed by atoms with Crippen molar-refractivity contribution in [2.75, 3.05) is 26.4 Å². The minimum atomic E-state index is -0.721. The number of amides is 1. The summed E-state index contributed by atoms with van der Waals surface area (Å²) in [6.07, 6.45) is 2.97. The molecule has 2 aromatic carbocycles. The Bertz CT molecular complexity index is 882. The lowest BCUT2D eigenvalue weighted by atomic mass is 10.1. The molecule has 1 N–H and O–H groups in total. The second-order valence-electron chi connectivity index (χ2n) is 6.21. The average molecular weight is 415 g/mol. The highest BCUT2D eigenvalue weighted by Gasteiger charge is 2.08. The molecule has 0 aromatic heterocycles. The summed E-state index contributed by atoms with van der Waals surface area (Å²) in [5.41, 5.74) is 1.24. The van der Waals surface area contributed by atoms with Crippen LogP contribution in [0.4, 0.5) is 4.39 Å². The van der Waals surface area contributed by atoms with Crippen molar-refractivity contribution in [3.05, 3.63) is 65.5 Å². The van der Waals surface area contributed by atoms with E-state index in [0.717, 1.165) is 11.6 Å². The molecular weight excluding hydrogens is 389 g/mol. The zero-order valence-electron chi connectivity index (χ0n) is 17.2. The summed E-state index contributed by atoms with van der Waals surface area (Å²) in [5.74, 6) is -0.234. The van der Waals surface area contributed by atoms with Gasteiger partial charge in [0.1, 0.15) is 5.82 Å². The highest BCUT2D eigenvalue weighted by molar-refractivity contribution is 5.89. The molecule has 0 fully saturated rings. The monoisotopic (exact) mass is 415 g/mol. The summed E-state index contributed by atoms with van der Waals surface area (Å²) in [7, 11) is 0. The van der Waals surface area contributed by atoms with Gasteiger partial charge in [0, 0.05) is 18.2 Å². The van der Waals surface area contributed by atoms with Crippen molar-refractivity contribution in [3.63, 3.8) is 0 Å². The third-order valence-corrected chi connectivity index (χ3v) is 3.99. The Balaban J connectivity index is 1.75. The first-order chi connectivity index (χ1) is 14.5. The molecule has 7 heteroatoms. The molecule has 0 saturated carbocycles. The number of rotatable bonds is 11. The van der Waals surface area contributed by atoms with Crippen molar-refractivity contribution < 1.29 is 28.2 Å². The molecule has 2 aromatic rings. The van der Waals surface area contributed by atoms with E-state index in [1.54, 1.807) is 12.1 Å². The molecule has 0 unspecified atom stereocenters. The Labute approximate surface area is 175 Å². The Morgan fingerprint density at radius 3 is 2.50 bits per heavy atom. The highest BCUT2D eigenvalue weighted by Crippen LogP contribution is 2.28. The summed E-state index contributed by atoms with van der Waals surface area (Å²) in [5, 5.41) is 2.69. The van der Waals surface area contributed by atoms with Gasteiger partial charge in [0.05, 0.1) is 13.2 Å². The van der Waals surface area contributed by atoms with Crippen LogP contribution in [0.3, 0.4) is 0 Å². The minimum absolute atomic E-state index is 0.265. The summed E-state index contributed by atoms with van der Waals surface area (Å²) in [6.45, 7) is 4.84. The molecular formula is C23H26FNO5. The van der Waals surface area contributed by atoms with Gasteiger partial charge in [0.2, 0.25) is 0 Å². The normalized spacial score (nSPS) is 10.6. The quantitative estimate of drug-likeness (QED) is 0.449. The number of ether oxygens (including phenoxy) is 3. The van der Waals surface area contributed by atoms with Crippen molar-refractivity contribution >= 4 is 18.0 Å². The second-order valence-corrected chi connectivity index (χ2v) is 6.21. The van der Waals surface area contributed by atoms with E-state index in [0.29, 0.717) is 37.7 Å². The molecule has 0 aliphatic carbocycles. The topological polar surface area (TPSA) is 73.9 Å². The number of hydrogen-bond acceptors (Lipinski definition) is 5. The molecule has 0 aliphatic heterocycles. The summed E-state index contributed by atoms with van der Waals surface area (Å²) < 4.78 is 29.5. The van der Waals surface area contributed by atoms with Gasteiger partial charge in [0.25, 0.3) is 5.91 Å². The maximum atomic E-state index is 13.5. The fraction of sp³-hybridized carbons (Fsp3) is 0.304. The van der Waals surface area contributed by atoms with Crippen LogP contribution in [0.2, 0.25) is 0 Å². The first kappa shape index (κ1) is 22.9. The van der Waals surface area contributed by atoms with Crippen LogP contribution >= 0.6 is 0 Å². The maximum Gasteiger partial charge on any atom is 0.331 e. The van der Waals surface area contributed by atoms with Gasteiger partial charge in [-0.15, -0.1) is 0 Å². The van der Waals surface area contributed by atoms with E-state index in [9.17, 15) is 14.0 Å². The molecule has 2 rings (SSSR count). The third-order valence-electron chi connectivity index (χ3n) is 3.99. The first-order valence-corrected chi connectivity index (χ1v) is 9.78. The molecule has 0 heterocycles. The van der Waals surface area contributed by atoms with Gasteiger partial charge in [-0.1, -0.05) is 24.3 Å². The van der Waals surface area contributed by atoms with Crippen LogP contribution in [-0.2, 0) is 20.7 Å². The molecule has 6 nitrogen and oxygen atoms in total. The number of hydrogen-bond donors (Lipinski definition) is 1. The van der Waals surface area contributed by atoms with Crippen LogP contribution in [-0.4, -0.2) is 38.2 Å². The molecule has 0 radical (unpaired) electrons. The summed E-state index contributed by atoms with van der Waals surface area (Å²) in [4.78, 5) is 23.5. The summed E-state index contributed by atoms with van der Waals surface area (Å²) >= 11 is 0. The van der Waals surface area contributed by atoms with Crippen LogP contribution in [0.1, 0.15) is 25.0 Å². The van der Waals surface area contributed by atoms with E-state index in [2.05, 4.69) is 5.32 Å². The fourth-order valence-electron chi connectivity index (χ4n) is 2.60. The van der Waals surface area contributed by atoms with Crippen LogP contribution < -0.4 is 14.8 Å². The third kappa shape index (κ3) is 7.58. The zero-order chi connectivity index (χ0) is 21.8. The van der Waals surface area contributed by atoms with Crippen molar-refractivity contribution in [1.29, 1.82) is 0 Å². The lowest BCUT2D eigenvalue weighted by Crippen LogP contribution is -2.30. The molecule has 0 saturated heterocycles.